The lowest BCUT2D eigenvalue weighted by Gasteiger charge is -2.28. The van der Waals surface area contributed by atoms with Crippen LogP contribution in [0.25, 0.3) is 71.3 Å². The molecule has 10 rings (SSSR count). The van der Waals surface area contributed by atoms with Crippen LogP contribution < -0.4 is 4.90 Å². The number of fused-ring (bicyclic) bond motifs is 5. The average molecular weight is 663 g/mol. The highest BCUT2D eigenvalue weighted by Crippen LogP contribution is 2.44. The molecule has 0 saturated carbocycles. The Bertz CT molecular complexity index is 2840. The Kier molecular flexibility index (Phi) is 7.18. The third-order valence-corrected chi connectivity index (χ3v) is 10.4. The van der Waals surface area contributed by atoms with Gasteiger partial charge in [-0.1, -0.05) is 158 Å². The van der Waals surface area contributed by atoms with Crippen molar-refractivity contribution >= 4 is 60.4 Å². The van der Waals surface area contributed by atoms with Gasteiger partial charge in [0.2, 0.25) is 0 Å². The predicted octanol–water partition coefficient (Wildman–Crippen LogP) is 13.9. The lowest BCUT2D eigenvalue weighted by atomic mass is 9.94. The molecule has 0 aliphatic heterocycles. The first-order chi connectivity index (χ1) is 25.8. The Morgan fingerprint density at radius 2 is 0.846 bits per heavy atom. The Hall–Kier alpha value is -6.90. The summed E-state index contributed by atoms with van der Waals surface area (Å²) in [7, 11) is 0. The van der Waals surface area contributed by atoms with Gasteiger partial charge >= 0.3 is 0 Å². The Balaban J connectivity index is 1.15. The van der Waals surface area contributed by atoms with E-state index in [2.05, 4.69) is 216 Å². The fourth-order valence-electron chi connectivity index (χ4n) is 8.06. The van der Waals surface area contributed by atoms with E-state index in [0.29, 0.717) is 0 Å². The van der Waals surface area contributed by atoms with Crippen molar-refractivity contribution in [1.82, 2.24) is 4.57 Å². The number of rotatable bonds is 6. The summed E-state index contributed by atoms with van der Waals surface area (Å²) in [6.07, 6.45) is 0. The standard InChI is InChI=1S/C50H34N2/c1-2-17-37(18-3-1)51(38-31-29-36(30-32-38)40-25-14-16-35-15-4-5-19-39(35)40)50-34-33-42(41-20-6-7-21-43(41)50)44-22-8-11-26-47(44)52-48-27-12-9-23-45(48)46-24-10-13-28-49(46)52/h1-34H. The third kappa shape index (κ3) is 4.88. The van der Waals surface area contributed by atoms with E-state index in [1.165, 1.54) is 71.3 Å². The summed E-state index contributed by atoms with van der Waals surface area (Å²) in [5.74, 6) is 0. The third-order valence-electron chi connectivity index (χ3n) is 10.4. The molecule has 244 valence electrons. The van der Waals surface area contributed by atoms with Gasteiger partial charge < -0.3 is 9.47 Å². The second-order valence-electron chi connectivity index (χ2n) is 13.3. The van der Waals surface area contributed by atoms with Crippen molar-refractivity contribution in [1.29, 1.82) is 0 Å². The highest BCUT2D eigenvalue weighted by molar-refractivity contribution is 6.11. The summed E-state index contributed by atoms with van der Waals surface area (Å²) in [5, 5.41) is 7.44. The Morgan fingerprint density at radius 1 is 0.308 bits per heavy atom. The number of hydrogen-bond donors (Lipinski definition) is 0. The molecule has 1 heterocycles. The van der Waals surface area contributed by atoms with Crippen LogP contribution in [0.5, 0.6) is 0 Å². The van der Waals surface area contributed by atoms with Gasteiger partial charge in [-0.3, -0.25) is 0 Å². The van der Waals surface area contributed by atoms with E-state index < -0.39 is 0 Å². The van der Waals surface area contributed by atoms with Crippen LogP contribution in [0.4, 0.5) is 17.1 Å². The molecule has 0 aliphatic rings. The molecule has 1 aromatic heterocycles. The van der Waals surface area contributed by atoms with Crippen LogP contribution in [0, 0.1) is 0 Å². The first kappa shape index (κ1) is 30.0. The first-order valence-electron chi connectivity index (χ1n) is 17.9. The molecule has 0 radical (unpaired) electrons. The molecule has 0 atom stereocenters. The second-order valence-corrected chi connectivity index (χ2v) is 13.3. The number of anilines is 3. The number of nitrogens with zero attached hydrogens (tertiary/aromatic N) is 2. The highest BCUT2D eigenvalue weighted by Gasteiger charge is 2.20. The van der Waals surface area contributed by atoms with Gasteiger partial charge in [-0.25, -0.2) is 0 Å². The quantitative estimate of drug-likeness (QED) is 0.172. The number of hydrogen-bond acceptors (Lipinski definition) is 1. The molecule has 0 spiro atoms. The van der Waals surface area contributed by atoms with Gasteiger partial charge in [0.1, 0.15) is 0 Å². The zero-order valence-corrected chi connectivity index (χ0v) is 28.5. The van der Waals surface area contributed by atoms with Crippen molar-refractivity contribution in [3.63, 3.8) is 0 Å². The molecule has 0 aliphatic carbocycles. The van der Waals surface area contributed by atoms with E-state index in [4.69, 9.17) is 0 Å². The minimum atomic E-state index is 1.11. The van der Waals surface area contributed by atoms with Gasteiger partial charge in [-0.2, -0.15) is 0 Å². The average Bonchev–Trinajstić information content (AvgIpc) is 3.56. The van der Waals surface area contributed by atoms with Crippen LogP contribution >= 0.6 is 0 Å². The summed E-state index contributed by atoms with van der Waals surface area (Å²) in [4.78, 5) is 2.39. The highest BCUT2D eigenvalue weighted by atomic mass is 15.1. The fraction of sp³-hybridized carbons (Fsp3) is 0. The summed E-state index contributed by atoms with van der Waals surface area (Å²) < 4.78 is 2.43. The summed E-state index contributed by atoms with van der Waals surface area (Å²) >= 11 is 0. The minimum Gasteiger partial charge on any atom is -0.310 e. The largest absolute Gasteiger partial charge is 0.310 e. The van der Waals surface area contributed by atoms with Gasteiger partial charge in [0, 0.05) is 33.1 Å². The number of para-hydroxylation sites is 4. The van der Waals surface area contributed by atoms with Gasteiger partial charge in [0.05, 0.1) is 22.4 Å². The maximum atomic E-state index is 2.43. The predicted molar refractivity (Wildman–Crippen MR) is 221 cm³/mol. The first-order valence-corrected chi connectivity index (χ1v) is 17.9. The maximum Gasteiger partial charge on any atom is 0.0541 e. The van der Waals surface area contributed by atoms with Crippen LogP contribution in [-0.2, 0) is 0 Å². The van der Waals surface area contributed by atoms with E-state index in [1.807, 2.05) is 0 Å². The SMILES string of the molecule is c1ccc(N(c2ccc(-c3cccc4ccccc34)cc2)c2ccc(-c3ccccc3-n3c4ccccc4c4ccccc43)c3ccccc23)cc1. The van der Waals surface area contributed by atoms with Crippen LogP contribution in [0.1, 0.15) is 0 Å². The molecular formula is C50H34N2. The summed E-state index contributed by atoms with van der Waals surface area (Å²) in [6, 6.07) is 74.6. The minimum absolute atomic E-state index is 1.11. The van der Waals surface area contributed by atoms with Crippen molar-refractivity contribution in [2.75, 3.05) is 4.90 Å². The topological polar surface area (TPSA) is 8.17 Å². The summed E-state index contributed by atoms with van der Waals surface area (Å²) in [6.45, 7) is 0. The molecule has 2 heteroatoms. The van der Waals surface area contributed by atoms with E-state index in [1.54, 1.807) is 0 Å². The normalized spacial score (nSPS) is 11.5. The lowest BCUT2D eigenvalue weighted by molar-refractivity contribution is 1.18. The van der Waals surface area contributed by atoms with E-state index in [0.717, 1.165) is 17.1 Å². The molecule has 2 nitrogen and oxygen atoms in total. The molecule has 0 N–H and O–H groups in total. The van der Waals surface area contributed by atoms with Gasteiger partial charge in [-0.15, -0.1) is 0 Å². The van der Waals surface area contributed by atoms with Gasteiger partial charge in [0.25, 0.3) is 0 Å². The van der Waals surface area contributed by atoms with Crippen molar-refractivity contribution in [2.24, 2.45) is 0 Å². The molecule has 0 fully saturated rings. The fourth-order valence-corrected chi connectivity index (χ4v) is 8.06. The van der Waals surface area contributed by atoms with Gasteiger partial charge in [-0.05, 0) is 81.4 Å². The molecule has 52 heavy (non-hydrogen) atoms. The number of aromatic nitrogens is 1. The van der Waals surface area contributed by atoms with E-state index in [-0.39, 0.29) is 0 Å². The molecule has 0 amide bonds. The van der Waals surface area contributed by atoms with Crippen LogP contribution in [0.15, 0.2) is 206 Å². The van der Waals surface area contributed by atoms with E-state index in [9.17, 15) is 0 Å². The molecule has 10 aromatic rings. The molecular weight excluding hydrogens is 629 g/mol. The monoisotopic (exact) mass is 662 g/mol. The molecule has 9 aromatic carbocycles. The van der Waals surface area contributed by atoms with Gasteiger partial charge in [0.15, 0.2) is 0 Å². The van der Waals surface area contributed by atoms with Crippen molar-refractivity contribution in [3.05, 3.63) is 206 Å². The molecule has 0 bridgehead atoms. The van der Waals surface area contributed by atoms with Crippen molar-refractivity contribution < 1.29 is 0 Å². The Morgan fingerprint density at radius 3 is 1.60 bits per heavy atom. The molecule has 0 unspecified atom stereocenters. The molecule has 0 saturated heterocycles. The number of benzene rings is 9. The van der Waals surface area contributed by atoms with Crippen LogP contribution in [0.3, 0.4) is 0 Å². The van der Waals surface area contributed by atoms with E-state index >= 15 is 0 Å². The zero-order valence-electron chi connectivity index (χ0n) is 28.5. The maximum absolute atomic E-state index is 2.43. The smallest absolute Gasteiger partial charge is 0.0541 e. The lowest BCUT2D eigenvalue weighted by Crippen LogP contribution is -2.10. The summed E-state index contributed by atoms with van der Waals surface area (Å²) in [5.41, 5.74) is 11.8. The van der Waals surface area contributed by atoms with Crippen LogP contribution in [-0.4, -0.2) is 4.57 Å². The van der Waals surface area contributed by atoms with Crippen molar-refractivity contribution in [2.45, 2.75) is 0 Å². The van der Waals surface area contributed by atoms with Crippen molar-refractivity contribution in [3.8, 4) is 27.9 Å². The van der Waals surface area contributed by atoms with Crippen LogP contribution in [0.2, 0.25) is 0 Å². The second kappa shape index (κ2) is 12.5. The zero-order chi connectivity index (χ0) is 34.4. The Labute approximate surface area is 303 Å².